The number of unbranched alkanes of at least 4 members (excludes halogenated alkanes) is 9. The first-order valence-corrected chi connectivity index (χ1v) is 26.3. The number of quaternary nitrogens is 1. The van der Waals surface area contributed by atoms with Crippen molar-refractivity contribution in [2.75, 3.05) is 54.1 Å². The molecule has 0 bridgehead atoms. The molecule has 17 unspecified atom stereocenters. The molecule has 9 aliphatic carbocycles. The van der Waals surface area contributed by atoms with Crippen molar-refractivity contribution in [3.8, 4) is 0 Å². The zero-order valence-corrected chi connectivity index (χ0v) is 37.1. The van der Waals surface area contributed by atoms with Gasteiger partial charge in [-0.25, -0.2) is 4.57 Å². The Morgan fingerprint density at radius 2 is 1.18 bits per heavy atom. The minimum atomic E-state index is -4.24. The molecule has 9 rings (SSSR count). The van der Waals surface area contributed by atoms with Crippen LogP contribution in [0.25, 0.3) is 0 Å². The summed E-state index contributed by atoms with van der Waals surface area (Å²) in [5.41, 5.74) is 0. The highest BCUT2D eigenvalue weighted by Gasteiger charge is 2.79. The summed E-state index contributed by atoms with van der Waals surface area (Å²) in [6.07, 6.45) is 27.9. The van der Waals surface area contributed by atoms with Gasteiger partial charge in [0.05, 0.1) is 27.7 Å². The average Bonchev–Trinajstić information content (AvgIpc) is 3.13. The van der Waals surface area contributed by atoms with Crippen LogP contribution >= 0.6 is 7.82 Å². The molecule has 0 aliphatic heterocycles. The van der Waals surface area contributed by atoms with Gasteiger partial charge in [-0.05, 0) is 152 Å². The van der Waals surface area contributed by atoms with Gasteiger partial charge in [-0.3, -0.25) is 13.8 Å². The van der Waals surface area contributed by atoms with E-state index in [1.807, 2.05) is 21.1 Å². The molecule has 57 heavy (non-hydrogen) atoms. The summed E-state index contributed by atoms with van der Waals surface area (Å²) < 4.78 is 35.5. The van der Waals surface area contributed by atoms with Crippen LogP contribution in [0.4, 0.5) is 0 Å². The van der Waals surface area contributed by atoms with Crippen molar-refractivity contribution in [2.24, 2.45) is 94.7 Å². The molecule has 0 heterocycles. The van der Waals surface area contributed by atoms with E-state index in [-0.39, 0.29) is 25.8 Å². The first kappa shape index (κ1) is 41.8. The van der Waals surface area contributed by atoms with Crippen molar-refractivity contribution in [3.05, 3.63) is 0 Å². The Hall–Kier alpha value is -0.500. The Bertz CT molecular complexity index is 1410. The molecular weight excluding hydrogens is 734 g/mol. The number of hydrogen-bond acceptors (Lipinski definition) is 6. The van der Waals surface area contributed by atoms with E-state index in [1.54, 1.807) is 32.1 Å². The lowest BCUT2D eigenvalue weighted by Crippen LogP contribution is -2.80. The summed E-state index contributed by atoms with van der Waals surface area (Å²) in [4.78, 5) is 23.0. The third-order valence-corrected chi connectivity index (χ3v) is 19.7. The smallest absolute Gasteiger partial charge is 0.463 e. The number of nitrogens with zero attached hydrogens (tertiary/aromatic N) is 1. The molecule has 9 saturated carbocycles. The van der Waals surface area contributed by atoms with Crippen molar-refractivity contribution < 1.29 is 37.3 Å². The Kier molecular flexibility index (Phi) is 13.0. The topological polar surface area (TPSA) is 91.3 Å². The van der Waals surface area contributed by atoms with E-state index in [1.165, 1.54) is 101 Å². The first-order valence-electron chi connectivity index (χ1n) is 24.8. The lowest BCUT2D eigenvalue weighted by molar-refractivity contribution is -0.870. The van der Waals surface area contributed by atoms with E-state index in [0.717, 1.165) is 96.7 Å². The maximum absolute atomic E-state index is 12.7. The summed E-state index contributed by atoms with van der Waals surface area (Å²) in [5, 5.41) is 0. The number of carbonyl (C=O) groups excluding carboxylic acids is 1. The van der Waals surface area contributed by atoms with Crippen LogP contribution in [0.2, 0.25) is 0 Å². The number of fused-ring (bicyclic) bond motifs is 17. The number of esters is 1. The molecule has 9 heteroatoms. The first-order chi connectivity index (χ1) is 27.6. The fourth-order valence-electron chi connectivity index (χ4n) is 15.7. The van der Waals surface area contributed by atoms with Gasteiger partial charge >= 0.3 is 13.8 Å². The number of rotatable bonds is 27. The van der Waals surface area contributed by atoms with Gasteiger partial charge in [0, 0.05) is 13.0 Å². The van der Waals surface area contributed by atoms with Crippen LogP contribution in [0.15, 0.2) is 0 Å². The number of likely N-dealkylation sites (N-methyl/N-ethyl adjacent to an activating group) is 1. The summed E-state index contributed by atoms with van der Waals surface area (Å²) in [5.74, 6) is 17.9. The molecule has 9 aliphatic rings. The van der Waals surface area contributed by atoms with Crippen LogP contribution in [0.1, 0.15) is 141 Å². The second kappa shape index (κ2) is 17.7. The molecule has 1 N–H and O–H groups in total. The summed E-state index contributed by atoms with van der Waals surface area (Å²) in [6, 6.07) is 0. The van der Waals surface area contributed by atoms with E-state index in [9.17, 15) is 14.3 Å². The van der Waals surface area contributed by atoms with Crippen LogP contribution < -0.4 is 0 Å². The fourth-order valence-corrected chi connectivity index (χ4v) is 16.4. The molecule has 0 spiro atoms. The SMILES string of the molecule is C[N+](C)(C)CCOP(=O)(O)OC[C@@H](COC(=O)CCCCCCCC1CC2C1C1C3C4CCC4C3C21)OCCCCCCCCC1CCC2C(C1)C1C3CCC3C21. The summed E-state index contributed by atoms with van der Waals surface area (Å²) in [6.45, 7) is 1.09. The molecular formula is C48H81NO7P+. The van der Waals surface area contributed by atoms with Crippen molar-refractivity contribution in [2.45, 2.75) is 147 Å². The highest BCUT2D eigenvalue weighted by Crippen LogP contribution is 2.84. The van der Waals surface area contributed by atoms with E-state index in [4.69, 9.17) is 18.5 Å². The second-order valence-corrected chi connectivity index (χ2v) is 24.0. The van der Waals surface area contributed by atoms with E-state index in [0.29, 0.717) is 24.1 Å². The van der Waals surface area contributed by atoms with Crippen molar-refractivity contribution in [3.63, 3.8) is 0 Å². The molecule has 0 aromatic rings. The number of phosphoric ester groups is 1. The maximum Gasteiger partial charge on any atom is 0.472 e. The van der Waals surface area contributed by atoms with Gasteiger partial charge in [0.1, 0.15) is 25.9 Å². The van der Waals surface area contributed by atoms with Crippen molar-refractivity contribution >= 4 is 13.8 Å². The predicted octanol–water partition coefficient (Wildman–Crippen LogP) is 10.3. The Morgan fingerprint density at radius 1 is 0.596 bits per heavy atom. The molecule has 8 nitrogen and oxygen atoms in total. The standard InChI is InChI=1S/C48H80NO7P/c1-49(2,3)24-26-55-57(51,52)56-30-33(53-25-14-10-5-4-7-11-15-31-18-19-38-39(27-31)44-35-21-20-34(35)43(38)44)29-54-41(50)17-13-9-6-8-12-16-32-28-40-42(32)48-46-37-23-22-36(37)45(46)47(40)48/h31-40,42-48H,4-30H2,1-3H3/p+1/t31?,32?,33-,34?,35?,36?,37?,38?,39?,40?,42?,43?,44?,45?,46?,47?,48?/m1/s1. The van der Waals surface area contributed by atoms with Crippen LogP contribution in [0, 0.1) is 94.7 Å². The third-order valence-electron chi connectivity index (χ3n) is 18.8. The summed E-state index contributed by atoms with van der Waals surface area (Å²) in [7, 11) is 1.77. The van der Waals surface area contributed by atoms with E-state index >= 15 is 0 Å². The van der Waals surface area contributed by atoms with Gasteiger partial charge in [-0.1, -0.05) is 77.0 Å². The van der Waals surface area contributed by atoms with Gasteiger partial charge < -0.3 is 18.9 Å². The monoisotopic (exact) mass is 815 g/mol. The van der Waals surface area contributed by atoms with Crippen molar-refractivity contribution in [1.29, 1.82) is 0 Å². The fraction of sp³-hybridized carbons (Fsp3) is 0.979. The molecule has 9 fully saturated rings. The van der Waals surface area contributed by atoms with Crippen LogP contribution in [-0.4, -0.2) is 75.6 Å². The van der Waals surface area contributed by atoms with Crippen LogP contribution in [-0.2, 0) is 27.9 Å². The number of hydrogen-bond donors (Lipinski definition) is 1. The zero-order chi connectivity index (χ0) is 39.3. The largest absolute Gasteiger partial charge is 0.472 e. The second-order valence-electron chi connectivity index (χ2n) is 22.5. The zero-order valence-electron chi connectivity index (χ0n) is 36.2. The normalized spacial score (nSPS) is 42.5. The lowest BCUT2D eigenvalue weighted by Gasteiger charge is -2.85. The van der Waals surface area contributed by atoms with Gasteiger partial charge in [0.25, 0.3) is 0 Å². The van der Waals surface area contributed by atoms with Gasteiger partial charge in [0.15, 0.2) is 0 Å². The van der Waals surface area contributed by atoms with Crippen LogP contribution in [0.5, 0.6) is 0 Å². The quantitative estimate of drug-likeness (QED) is 0.0290. The predicted molar refractivity (Wildman–Crippen MR) is 223 cm³/mol. The Labute approximate surface area is 346 Å². The molecule has 0 radical (unpaired) electrons. The van der Waals surface area contributed by atoms with Gasteiger partial charge in [-0.2, -0.15) is 0 Å². The molecule has 0 saturated heterocycles. The number of ether oxygens (including phenoxy) is 2. The maximum atomic E-state index is 12.7. The lowest BCUT2D eigenvalue weighted by atomic mass is 9.20. The van der Waals surface area contributed by atoms with Crippen molar-refractivity contribution in [1.82, 2.24) is 0 Å². The highest BCUT2D eigenvalue weighted by atomic mass is 31.2. The van der Waals surface area contributed by atoms with Crippen LogP contribution in [0.3, 0.4) is 0 Å². The highest BCUT2D eigenvalue weighted by molar-refractivity contribution is 7.47. The number of phosphoric acid groups is 1. The Morgan fingerprint density at radius 3 is 1.89 bits per heavy atom. The molecule has 324 valence electrons. The molecule has 0 aromatic heterocycles. The minimum absolute atomic E-state index is 0.0253. The van der Waals surface area contributed by atoms with Gasteiger partial charge in [0.2, 0.25) is 0 Å². The van der Waals surface area contributed by atoms with Gasteiger partial charge in [-0.15, -0.1) is 0 Å². The third kappa shape index (κ3) is 8.65. The Balaban J connectivity index is 0.603. The summed E-state index contributed by atoms with van der Waals surface area (Å²) >= 11 is 0. The average molecular weight is 815 g/mol. The minimum Gasteiger partial charge on any atom is -0.463 e. The molecule has 0 aromatic carbocycles. The molecule has 0 amide bonds. The van der Waals surface area contributed by atoms with E-state index in [2.05, 4.69) is 0 Å². The number of carbonyl (C=O) groups is 1. The molecule has 18 atom stereocenters. The van der Waals surface area contributed by atoms with E-state index < -0.39 is 13.9 Å².